The number of thiazole rings is 1. The standard InChI is InChI=1S/C18H15N5OS/c1-11-5-3-4-6-14(11)13-7-15(16-19-10-20-23(16)8-13)17(24)22-18-21-12(2)9-25-18/h3-10H,1-2H3,(H,21,22,24). The number of anilines is 1. The second-order valence-electron chi connectivity index (χ2n) is 5.73. The third kappa shape index (κ3) is 2.89. The average Bonchev–Trinajstić information content (AvgIpc) is 3.23. The Morgan fingerprint density at radius 3 is 2.84 bits per heavy atom. The fraction of sp³-hybridized carbons (Fsp3) is 0.111. The van der Waals surface area contributed by atoms with E-state index in [9.17, 15) is 4.79 Å². The largest absolute Gasteiger partial charge is 0.298 e. The number of aromatic nitrogens is 4. The molecule has 3 heterocycles. The number of nitrogens with zero attached hydrogens (tertiary/aromatic N) is 4. The molecule has 7 heteroatoms. The number of fused-ring (bicyclic) bond motifs is 1. The zero-order valence-electron chi connectivity index (χ0n) is 13.7. The van der Waals surface area contributed by atoms with E-state index < -0.39 is 0 Å². The van der Waals surface area contributed by atoms with Crippen LogP contribution in [0.25, 0.3) is 16.8 Å². The van der Waals surface area contributed by atoms with E-state index in [1.165, 1.54) is 17.7 Å². The van der Waals surface area contributed by atoms with Crippen LogP contribution in [0.3, 0.4) is 0 Å². The zero-order valence-corrected chi connectivity index (χ0v) is 14.5. The molecule has 0 fully saturated rings. The first-order valence-electron chi connectivity index (χ1n) is 7.75. The van der Waals surface area contributed by atoms with Gasteiger partial charge in [0.2, 0.25) is 0 Å². The van der Waals surface area contributed by atoms with Gasteiger partial charge in [0, 0.05) is 17.1 Å². The molecule has 0 aliphatic rings. The molecule has 4 rings (SSSR count). The lowest BCUT2D eigenvalue weighted by Gasteiger charge is -2.09. The minimum absolute atomic E-state index is 0.247. The van der Waals surface area contributed by atoms with Crippen molar-refractivity contribution in [3.63, 3.8) is 0 Å². The number of nitrogens with one attached hydrogen (secondary N) is 1. The van der Waals surface area contributed by atoms with Gasteiger partial charge in [-0.15, -0.1) is 11.3 Å². The Balaban J connectivity index is 1.81. The molecule has 1 amide bonds. The number of carbonyl (C=O) groups excluding carboxylic acids is 1. The number of hydrogen-bond acceptors (Lipinski definition) is 5. The van der Waals surface area contributed by atoms with Gasteiger partial charge in [-0.25, -0.2) is 14.5 Å². The van der Waals surface area contributed by atoms with Gasteiger partial charge in [0.25, 0.3) is 5.91 Å². The van der Waals surface area contributed by atoms with Gasteiger partial charge in [-0.2, -0.15) is 5.10 Å². The Bertz CT molecular complexity index is 1080. The monoisotopic (exact) mass is 349 g/mol. The Hall–Kier alpha value is -3.06. The van der Waals surface area contributed by atoms with Gasteiger partial charge in [-0.05, 0) is 31.0 Å². The average molecular weight is 349 g/mol. The Labute approximate surface area is 148 Å². The maximum absolute atomic E-state index is 12.8. The van der Waals surface area contributed by atoms with Crippen molar-refractivity contribution in [3.05, 3.63) is 65.1 Å². The van der Waals surface area contributed by atoms with Gasteiger partial charge in [0.15, 0.2) is 10.8 Å². The first-order chi connectivity index (χ1) is 12.1. The molecule has 0 aliphatic heterocycles. The van der Waals surface area contributed by atoms with Crippen LogP contribution in [0.15, 0.2) is 48.2 Å². The molecule has 0 radical (unpaired) electrons. The van der Waals surface area contributed by atoms with Crippen LogP contribution in [0.4, 0.5) is 5.13 Å². The normalized spacial score (nSPS) is 11.0. The van der Waals surface area contributed by atoms with Crippen molar-refractivity contribution >= 4 is 28.0 Å². The molecule has 0 saturated carbocycles. The van der Waals surface area contributed by atoms with E-state index in [-0.39, 0.29) is 5.91 Å². The van der Waals surface area contributed by atoms with E-state index in [1.54, 1.807) is 4.52 Å². The predicted molar refractivity (Wildman–Crippen MR) is 98.0 cm³/mol. The lowest BCUT2D eigenvalue weighted by Crippen LogP contribution is -2.14. The highest BCUT2D eigenvalue weighted by molar-refractivity contribution is 7.13. The Morgan fingerprint density at radius 1 is 1.24 bits per heavy atom. The number of benzene rings is 1. The second kappa shape index (κ2) is 6.10. The highest BCUT2D eigenvalue weighted by Gasteiger charge is 2.16. The molecule has 1 aromatic carbocycles. The Kier molecular flexibility index (Phi) is 3.77. The highest BCUT2D eigenvalue weighted by atomic mass is 32.1. The highest BCUT2D eigenvalue weighted by Crippen LogP contribution is 2.26. The molecule has 1 N–H and O–H groups in total. The molecule has 4 aromatic rings. The van der Waals surface area contributed by atoms with Gasteiger partial charge in [-0.1, -0.05) is 24.3 Å². The summed E-state index contributed by atoms with van der Waals surface area (Å²) in [7, 11) is 0. The van der Waals surface area contributed by atoms with Crippen molar-refractivity contribution in [2.24, 2.45) is 0 Å². The van der Waals surface area contributed by atoms with E-state index in [0.29, 0.717) is 16.3 Å². The summed E-state index contributed by atoms with van der Waals surface area (Å²) < 4.78 is 1.63. The van der Waals surface area contributed by atoms with E-state index in [1.807, 2.05) is 55.8 Å². The molecular formula is C18H15N5OS. The van der Waals surface area contributed by atoms with Crippen LogP contribution in [0.1, 0.15) is 21.6 Å². The van der Waals surface area contributed by atoms with Crippen molar-refractivity contribution in [1.82, 2.24) is 19.6 Å². The summed E-state index contributed by atoms with van der Waals surface area (Å²) in [6.07, 6.45) is 3.33. The number of hydrogen-bond donors (Lipinski definition) is 1. The van der Waals surface area contributed by atoms with Gasteiger partial charge in [-0.3, -0.25) is 10.1 Å². The third-order valence-corrected chi connectivity index (χ3v) is 4.79. The lowest BCUT2D eigenvalue weighted by atomic mass is 10.0. The molecule has 0 unspecified atom stereocenters. The van der Waals surface area contributed by atoms with E-state index in [4.69, 9.17) is 0 Å². The number of amides is 1. The van der Waals surface area contributed by atoms with Crippen molar-refractivity contribution in [3.8, 4) is 11.1 Å². The third-order valence-electron chi connectivity index (χ3n) is 3.92. The first kappa shape index (κ1) is 15.5. The number of aryl methyl sites for hydroxylation is 2. The van der Waals surface area contributed by atoms with Gasteiger partial charge in [0.1, 0.15) is 6.33 Å². The topological polar surface area (TPSA) is 72.2 Å². The fourth-order valence-electron chi connectivity index (χ4n) is 2.71. The first-order valence-corrected chi connectivity index (χ1v) is 8.62. The molecule has 0 aliphatic carbocycles. The summed E-state index contributed by atoms with van der Waals surface area (Å²) >= 11 is 1.40. The molecule has 124 valence electrons. The number of rotatable bonds is 3. The summed E-state index contributed by atoms with van der Waals surface area (Å²) in [5, 5.41) is 9.51. The van der Waals surface area contributed by atoms with E-state index >= 15 is 0 Å². The van der Waals surface area contributed by atoms with Crippen molar-refractivity contribution in [1.29, 1.82) is 0 Å². The second-order valence-corrected chi connectivity index (χ2v) is 6.59. The predicted octanol–water partition coefficient (Wildman–Crippen LogP) is 3.72. The SMILES string of the molecule is Cc1csc(NC(=O)c2cc(-c3ccccc3C)cn3ncnc23)n1. The maximum Gasteiger partial charge on any atom is 0.261 e. The van der Waals surface area contributed by atoms with Crippen LogP contribution in [0.5, 0.6) is 0 Å². The fourth-order valence-corrected chi connectivity index (χ4v) is 3.40. The minimum atomic E-state index is -0.247. The molecule has 0 bridgehead atoms. The summed E-state index contributed by atoms with van der Waals surface area (Å²) in [4.78, 5) is 21.3. The summed E-state index contributed by atoms with van der Waals surface area (Å²) in [5.74, 6) is -0.247. The van der Waals surface area contributed by atoms with Crippen LogP contribution >= 0.6 is 11.3 Å². The van der Waals surface area contributed by atoms with Gasteiger partial charge in [0.05, 0.1) is 11.3 Å². The van der Waals surface area contributed by atoms with Crippen LogP contribution in [-0.4, -0.2) is 25.5 Å². The van der Waals surface area contributed by atoms with Crippen LogP contribution in [0.2, 0.25) is 0 Å². The Morgan fingerprint density at radius 2 is 2.08 bits per heavy atom. The van der Waals surface area contributed by atoms with E-state index in [2.05, 4.69) is 20.4 Å². The molecule has 0 saturated heterocycles. The molecule has 0 spiro atoms. The number of pyridine rings is 1. The molecule has 0 atom stereocenters. The lowest BCUT2D eigenvalue weighted by molar-refractivity contribution is 0.102. The van der Waals surface area contributed by atoms with Crippen LogP contribution in [-0.2, 0) is 0 Å². The molecular weight excluding hydrogens is 334 g/mol. The minimum Gasteiger partial charge on any atom is -0.298 e. The number of carbonyl (C=O) groups is 1. The van der Waals surface area contributed by atoms with Crippen molar-refractivity contribution < 1.29 is 4.79 Å². The quantitative estimate of drug-likeness (QED) is 0.612. The van der Waals surface area contributed by atoms with Crippen molar-refractivity contribution in [2.45, 2.75) is 13.8 Å². The van der Waals surface area contributed by atoms with Gasteiger partial charge >= 0.3 is 0 Å². The maximum atomic E-state index is 12.8. The summed E-state index contributed by atoms with van der Waals surface area (Å²) in [6, 6.07) is 9.89. The van der Waals surface area contributed by atoms with Crippen LogP contribution in [0, 0.1) is 13.8 Å². The van der Waals surface area contributed by atoms with Gasteiger partial charge < -0.3 is 0 Å². The molecule has 6 nitrogen and oxygen atoms in total. The zero-order chi connectivity index (χ0) is 17.4. The smallest absolute Gasteiger partial charge is 0.261 e. The molecule has 25 heavy (non-hydrogen) atoms. The molecule has 3 aromatic heterocycles. The van der Waals surface area contributed by atoms with E-state index in [0.717, 1.165) is 22.4 Å². The van der Waals surface area contributed by atoms with Crippen LogP contribution < -0.4 is 5.32 Å². The summed E-state index contributed by atoms with van der Waals surface area (Å²) in [5.41, 5.74) is 4.95. The van der Waals surface area contributed by atoms with Crippen molar-refractivity contribution in [2.75, 3.05) is 5.32 Å². The summed E-state index contributed by atoms with van der Waals surface area (Å²) in [6.45, 7) is 3.93.